The van der Waals surface area contributed by atoms with Crippen LogP contribution in [0.2, 0.25) is 0 Å². The molecule has 0 unspecified atom stereocenters. The summed E-state index contributed by atoms with van der Waals surface area (Å²) in [6.07, 6.45) is 4.33. The summed E-state index contributed by atoms with van der Waals surface area (Å²) in [6.45, 7) is 11.4. The average molecular weight is 254 g/mol. The highest BCUT2D eigenvalue weighted by molar-refractivity contribution is 4.91. The van der Waals surface area contributed by atoms with Gasteiger partial charge in [-0.05, 0) is 45.1 Å². The van der Waals surface area contributed by atoms with Crippen LogP contribution in [0.1, 0.15) is 53.4 Å². The van der Waals surface area contributed by atoms with E-state index in [0.717, 1.165) is 45.4 Å². The van der Waals surface area contributed by atoms with Crippen molar-refractivity contribution in [2.24, 2.45) is 10.8 Å². The van der Waals surface area contributed by atoms with Crippen molar-refractivity contribution in [2.75, 3.05) is 26.8 Å². The smallest absolute Gasteiger partial charge is 0.0683 e. The molecule has 0 bridgehead atoms. The van der Waals surface area contributed by atoms with Crippen LogP contribution in [0.5, 0.6) is 0 Å². The lowest BCUT2D eigenvalue weighted by Crippen LogP contribution is -2.31. The van der Waals surface area contributed by atoms with E-state index < -0.39 is 0 Å². The number of methoxy groups -OCH3 is 1. The van der Waals surface area contributed by atoms with Crippen LogP contribution in [0.15, 0.2) is 0 Å². The van der Waals surface area contributed by atoms with Gasteiger partial charge in [0.25, 0.3) is 0 Å². The number of ether oxygens (including phenoxy) is 1. The topological polar surface area (TPSA) is 45.0 Å². The van der Waals surface area contributed by atoms with Crippen molar-refractivity contribution in [1.82, 2.24) is 5.32 Å². The van der Waals surface area contributed by atoms with Crippen LogP contribution in [-0.2, 0) is 4.74 Å². The van der Waals surface area contributed by atoms with Gasteiger partial charge in [-0.15, -0.1) is 0 Å². The molecule has 0 atom stereocenters. The van der Waals surface area contributed by atoms with E-state index in [1.165, 1.54) is 0 Å². The van der Waals surface area contributed by atoms with E-state index >= 15 is 0 Å². The summed E-state index contributed by atoms with van der Waals surface area (Å²) in [7, 11) is 1.75. The lowest BCUT2D eigenvalue weighted by Gasteiger charge is -2.24. The highest BCUT2D eigenvalue weighted by atomic mass is 16.5. The van der Waals surface area contributed by atoms with Gasteiger partial charge in [0.2, 0.25) is 0 Å². The summed E-state index contributed by atoms with van der Waals surface area (Å²) in [5, 5.41) is 12.4. The number of rotatable bonds is 10. The third kappa shape index (κ3) is 9.44. The zero-order valence-corrected chi connectivity index (χ0v) is 12.8. The van der Waals surface area contributed by atoms with Gasteiger partial charge < -0.3 is 10.1 Å². The Morgan fingerprint density at radius 2 is 1.78 bits per heavy atom. The first-order valence-corrected chi connectivity index (χ1v) is 6.94. The van der Waals surface area contributed by atoms with Crippen molar-refractivity contribution in [2.45, 2.75) is 53.4 Å². The minimum atomic E-state index is -0.169. The van der Waals surface area contributed by atoms with E-state index in [9.17, 15) is 0 Å². The highest BCUT2D eigenvalue weighted by Gasteiger charge is 2.17. The first-order chi connectivity index (χ1) is 8.33. The molecule has 0 saturated heterocycles. The van der Waals surface area contributed by atoms with Gasteiger partial charge in [0.15, 0.2) is 0 Å². The van der Waals surface area contributed by atoms with Crippen LogP contribution >= 0.6 is 0 Å². The number of hydrogen-bond acceptors (Lipinski definition) is 3. The summed E-state index contributed by atoms with van der Waals surface area (Å²) < 4.78 is 5.11. The van der Waals surface area contributed by atoms with Crippen LogP contribution in [0.25, 0.3) is 0 Å². The van der Waals surface area contributed by atoms with Crippen LogP contribution < -0.4 is 5.32 Å². The van der Waals surface area contributed by atoms with Crippen molar-refractivity contribution < 1.29 is 4.74 Å². The number of hydrogen-bond donors (Lipinski definition) is 1. The molecule has 0 spiro atoms. The summed E-state index contributed by atoms with van der Waals surface area (Å²) in [5.74, 6) is 0. The van der Waals surface area contributed by atoms with Gasteiger partial charge in [0, 0.05) is 20.3 Å². The lowest BCUT2D eigenvalue weighted by atomic mass is 9.88. The maximum atomic E-state index is 8.91. The Morgan fingerprint density at radius 1 is 1.11 bits per heavy atom. The van der Waals surface area contributed by atoms with Crippen LogP contribution in [0.3, 0.4) is 0 Å². The van der Waals surface area contributed by atoms with Crippen molar-refractivity contribution in [3.05, 3.63) is 0 Å². The molecule has 0 aromatic carbocycles. The minimum absolute atomic E-state index is 0.169. The molecule has 106 valence electrons. The molecule has 0 aliphatic carbocycles. The molecule has 3 nitrogen and oxygen atoms in total. The first kappa shape index (κ1) is 17.4. The molecule has 0 aliphatic heterocycles. The number of nitrogens with one attached hydrogen (secondary N) is 1. The van der Waals surface area contributed by atoms with Gasteiger partial charge in [-0.3, -0.25) is 0 Å². The second-order valence-electron chi connectivity index (χ2n) is 6.54. The van der Waals surface area contributed by atoms with Gasteiger partial charge in [-0.2, -0.15) is 5.26 Å². The molecule has 18 heavy (non-hydrogen) atoms. The molecule has 0 saturated carbocycles. The fourth-order valence-corrected chi connectivity index (χ4v) is 1.77. The Labute approximate surface area is 113 Å². The normalized spacial score (nSPS) is 12.4. The number of unbranched alkanes of at least 4 members (excludes halogenated alkanes) is 1. The quantitative estimate of drug-likeness (QED) is 0.608. The molecule has 0 aromatic rings. The van der Waals surface area contributed by atoms with E-state index in [4.69, 9.17) is 10.00 Å². The van der Waals surface area contributed by atoms with Gasteiger partial charge in [0.05, 0.1) is 11.5 Å². The van der Waals surface area contributed by atoms with E-state index in [1.807, 2.05) is 13.8 Å². The molecule has 0 rings (SSSR count). The van der Waals surface area contributed by atoms with Gasteiger partial charge in [0.1, 0.15) is 0 Å². The number of nitrogens with zero attached hydrogens (tertiary/aromatic N) is 1. The zero-order valence-electron chi connectivity index (χ0n) is 12.8. The predicted molar refractivity (Wildman–Crippen MR) is 76.4 cm³/mol. The van der Waals surface area contributed by atoms with Crippen molar-refractivity contribution in [1.29, 1.82) is 5.26 Å². The molecular weight excluding hydrogens is 224 g/mol. The summed E-state index contributed by atoms with van der Waals surface area (Å²) in [6, 6.07) is 2.35. The van der Waals surface area contributed by atoms with Gasteiger partial charge in [-0.1, -0.05) is 20.3 Å². The van der Waals surface area contributed by atoms with Crippen LogP contribution in [-0.4, -0.2) is 26.8 Å². The second-order valence-corrected chi connectivity index (χ2v) is 6.54. The molecule has 0 amide bonds. The van der Waals surface area contributed by atoms with Crippen molar-refractivity contribution in [3.8, 4) is 6.07 Å². The van der Waals surface area contributed by atoms with Gasteiger partial charge in [-0.25, -0.2) is 0 Å². The molecule has 0 radical (unpaired) electrons. The Kier molecular flexibility index (Phi) is 8.22. The SMILES string of the molecule is COCCC(C)(C)CNCCCCC(C)(C)C#N. The molecule has 0 aliphatic rings. The Bertz CT molecular complexity index is 254. The standard InChI is InChI=1S/C15H30N2O/c1-14(2,12-16)8-6-7-10-17-13-15(3,4)9-11-18-5/h17H,6-11,13H2,1-5H3. The number of nitriles is 1. The summed E-state index contributed by atoms with van der Waals surface area (Å²) in [5.41, 5.74) is 0.125. The third-order valence-electron chi connectivity index (χ3n) is 3.29. The maximum Gasteiger partial charge on any atom is 0.0683 e. The van der Waals surface area contributed by atoms with E-state index in [1.54, 1.807) is 7.11 Å². The monoisotopic (exact) mass is 254 g/mol. The highest BCUT2D eigenvalue weighted by Crippen LogP contribution is 2.21. The summed E-state index contributed by atoms with van der Waals surface area (Å²) >= 11 is 0. The zero-order chi connectivity index (χ0) is 14.1. The molecule has 0 aromatic heterocycles. The molecule has 1 N–H and O–H groups in total. The fourth-order valence-electron chi connectivity index (χ4n) is 1.77. The van der Waals surface area contributed by atoms with E-state index in [-0.39, 0.29) is 5.41 Å². The van der Waals surface area contributed by atoms with Gasteiger partial charge >= 0.3 is 0 Å². The average Bonchev–Trinajstić information content (AvgIpc) is 2.31. The largest absolute Gasteiger partial charge is 0.385 e. The van der Waals surface area contributed by atoms with Crippen LogP contribution in [0.4, 0.5) is 0 Å². The predicted octanol–water partition coefficient (Wildman–Crippen LogP) is 3.36. The second kappa shape index (κ2) is 8.50. The Hall–Kier alpha value is -0.590. The van der Waals surface area contributed by atoms with Crippen molar-refractivity contribution >= 4 is 0 Å². The molecule has 3 heteroatoms. The lowest BCUT2D eigenvalue weighted by molar-refractivity contribution is 0.151. The first-order valence-electron chi connectivity index (χ1n) is 6.94. The third-order valence-corrected chi connectivity index (χ3v) is 3.29. The van der Waals surface area contributed by atoms with Crippen molar-refractivity contribution in [3.63, 3.8) is 0 Å². The fraction of sp³-hybridized carbons (Fsp3) is 0.933. The maximum absolute atomic E-state index is 8.91. The summed E-state index contributed by atoms with van der Waals surface area (Å²) in [4.78, 5) is 0. The van der Waals surface area contributed by atoms with Crippen LogP contribution in [0, 0.1) is 22.2 Å². The Balaban J connectivity index is 3.54. The minimum Gasteiger partial charge on any atom is -0.385 e. The molecule has 0 fully saturated rings. The molecule has 0 heterocycles. The van der Waals surface area contributed by atoms with E-state index in [0.29, 0.717) is 5.41 Å². The van der Waals surface area contributed by atoms with E-state index in [2.05, 4.69) is 25.2 Å². The molecular formula is C15H30N2O. The Morgan fingerprint density at radius 3 is 2.33 bits per heavy atom.